The molecule has 13 heavy (non-hydrogen) atoms. The predicted molar refractivity (Wildman–Crippen MR) is 61.6 cm³/mol. The van der Waals surface area contributed by atoms with Crippen molar-refractivity contribution in [2.24, 2.45) is 0 Å². The first kappa shape index (κ1) is 10.4. The number of hydrogen-bond acceptors (Lipinski definition) is 2. The van der Waals surface area contributed by atoms with Gasteiger partial charge in [0, 0.05) is 5.56 Å². The van der Waals surface area contributed by atoms with Crippen molar-refractivity contribution in [2.45, 2.75) is 6.92 Å². The van der Waals surface area contributed by atoms with E-state index in [9.17, 15) is 5.11 Å². The van der Waals surface area contributed by atoms with Crippen LogP contribution in [0.4, 0.5) is 0 Å². The molecule has 0 fully saturated rings. The topological polar surface area (TPSA) is 29.5 Å². The van der Waals surface area contributed by atoms with Gasteiger partial charge in [-0.25, -0.2) is 0 Å². The summed E-state index contributed by atoms with van der Waals surface area (Å²) in [6.07, 6.45) is 0. The summed E-state index contributed by atoms with van der Waals surface area (Å²) in [4.78, 5) is 0. The highest BCUT2D eigenvalue weighted by molar-refractivity contribution is 14.1. The summed E-state index contributed by atoms with van der Waals surface area (Å²) in [5, 5.41) is 9.40. The van der Waals surface area contributed by atoms with E-state index < -0.39 is 0 Å². The Morgan fingerprint density at radius 1 is 1.54 bits per heavy atom. The van der Waals surface area contributed by atoms with E-state index >= 15 is 0 Å². The number of hydrogen-bond donors (Lipinski definition) is 1. The summed E-state index contributed by atoms with van der Waals surface area (Å²) in [6, 6.07) is 3.57. The lowest BCUT2D eigenvalue weighted by Gasteiger charge is -2.09. The second-order valence-electron chi connectivity index (χ2n) is 2.75. The predicted octanol–water partition coefficient (Wildman–Crippen LogP) is 2.92. The van der Waals surface area contributed by atoms with Gasteiger partial charge in [0.25, 0.3) is 0 Å². The van der Waals surface area contributed by atoms with Gasteiger partial charge in [-0.1, -0.05) is 6.58 Å². The van der Waals surface area contributed by atoms with Crippen LogP contribution in [0.2, 0.25) is 0 Å². The van der Waals surface area contributed by atoms with Gasteiger partial charge in [-0.05, 0) is 47.2 Å². The SMILES string of the molecule is C=C(OC)c1cc(I)c(O)cc1C. The van der Waals surface area contributed by atoms with Crippen LogP contribution in [0.1, 0.15) is 11.1 Å². The van der Waals surface area contributed by atoms with Gasteiger partial charge in [-0.15, -0.1) is 0 Å². The van der Waals surface area contributed by atoms with Crippen molar-refractivity contribution in [2.75, 3.05) is 7.11 Å². The third-order valence-electron chi connectivity index (χ3n) is 1.84. The maximum atomic E-state index is 9.40. The summed E-state index contributed by atoms with van der Waals surface area (Å²) < 4.78 is 5.83. The maximum absolute atomic E-state index is 9.40. The number of halogens is 1. The van der Waals surface area contributed by atoms with Gasteiger partial charge in [0.05, 0.1) is 10.7 Å². The van der Waals surface area contributed by atoms with E-state index in [1.807, 2.05) is 13.0 Å². The Morgan fingerprint density at radius 3 is 2.69 bits per heavy atom. The Balaban J connectivity index is 3.23. The summed E-state index contributed by atoms with van der Waals surface area (Å²) in [7, 11) is 1.58. The molecule has 0 bridgehead atoms. The van der Waals surface area contributed by atoms with E-state index in [-0.39, 0.29) is 0 Å². The summed E-state index contributed by atoms with van der Waals surface area (Å²) in [5.74, 6) is 0.918. The quantitative estimate of drug-likeness (QED) is 0.670. The molecule has 0 saturated carbocycles. The van der Waals surface area contributed by atoms with Crippen molar-refractivity contribution >= 4 is 28.4 Å². The monoisotopic (exact) mass is 290 g/mol. The zero-order chi connectivity index (χ0) is 10.0. The summed E-state index contributed by atoms with van der Waals surface area (Å²) in [6.45, 7) is 5.68. The molecule has 1 aromatic rings. The van der Waals surface area contributed by atoms with Crippen molar-refractivity contribution in [1.82, 2.24) is 0 Å². The van der Waals surface area contributed by atoms with E-state index in [4.69, 9.17) is 4.74 Å². The van der Waals surface area contributed by atoms with Gasteiger partial charge < -0.3 is 9.84 Å². The van der Waals surface area contributed by atoms with Crippen LogP contribution in [0.3, 0.4) is 0 Å². The molecule has 0 spiro atoms. The molecule has 1 aromatic carbocycles. The average Bonchev–Trinajstić information content (AvgIpc) is 2.10. The normalized spacial score (nSPS) is 9.77. The van der Waals surface area contributed by atoms with Crippen molar-refractivity contribution in [1.29, 1.82) is 0 Å². The molecule has 0 radical (unpaired) electrons. The molecule has 0 aliphatic rings. The Bertz CT molecular complexity index is 345. The van der Waals surface area contributed by atoms with Gasteiger partial charge in [0.1, 0.15) is 11.5 Å². The van der Waals surface area contributed by atoms with Crippen LogP contribution in [-0.2, 0) is 4.74 Å². The Morgan fingerprint density at radius 2 is 2.15 bits per heavy atom. The van der Waals surface area contributed by atoms with Crippen molar-refractivity contribution in [3.05, 3.63) is 33.4 Å². The number of rotatable bonds is 2. The minimum atomic E-state index is 0.297. The molecule has 3 heteroatoms. The molecule has 0 aliphatic heterocycles. The Hall–Kier alpha value is -0.710. The molecule has 0 amide bonds. The standard InChI is InChI=1S/C10H11IO2/c1-6-4-10(12)9(11)5-8(6)7(2)13-3/h4-5,12H,2H2,1,3H3. The van der Waals surface area contributed by atoms with Crippen LogP contribution in [0.15, 0.2) is 18.7 Å². The van der Waals surface area contributed by atoms with Crippen molar-refractivity contribution in [3.63, 3.8) is 0 Å². The fourth-order valence-corrected chi connectivity index (χ4v) is 1.54. The van der Waals surface area contributed by atoms with Crippen LogP contribution in [-0.4, -0.2) is 12.2 Å². The lowest BCUT2D eigenvalue weighted by Crippen LogP contribution is -1.91. The van der Waals surface area contributed by atoms with Gasteiger partial charge in [0.2, 0.25) is 0 Å². The van der Waals surface area contributed by atoms with E-state index in [0.717, 1.165) is 14.7 Å². The third kappa shape index (κ3) is 2.15. The highest BCUT2D eigenvalue weighted by Crippen LogP contribution is 2.27. The molecule has 70 valence electrons. The maximum Gasteiger partial charge on any atom is 0.129 e. The Labute approximate surface area is 91.4 Å². The molecule has 0 atom stereocenters. The lowest BCUT2D eigenvalue weighted by molar-refractivity contribution is 0.371. The minimum Gasteiger partial charge on any atom is -0.507 e. The van der Waals surface area contributed by atoms with Crippen LogP contribution < -0.4 is 0 Å². The number of benzene rings is 1. The number of aryl methyl sites for hydroxylation is 1. The number of aromatic hydroxyl groups is 1. The van der Waals surface area contributed by atoms with E-state index in [0.29, 0.717) is 11.5 Å². The summed E-state index contributed by atoms with van der Waals surface area (Å²) in [5.41, 5.74) is 1.90. The molecule has 0 aromatic heterocycles. The zero-order valence-corrected chi connectivity index (χ0v) is 9.75. The largest absolute Gasteiger partial charge is 0.507 e. The second kappa shape index (κ2) is 4.00. The molecule has 2 nitrogen and oxygen atoms in total. The summed E-state index contributed by atoms with van der Waals surface area (Å²) >= 11 is 2.07. The molecule has 0 unspecified atom stereocenters. The van der Waals surface area contributed by atoms with Crippen LogP contribution in [0, 0.1) is 10.5 Å². The van der Waals surface area contributed by atoms with Gasteiger partial charge in [-0.3, -0.25) is 0 Å². The number of ether oxygens (including phenoxy) is 1. The van der Waals surface area contributed by atoms with Crippen molar-refractivity contribution in [3.8, 4) is 5.75 Å². The van der Waals surface area contributed by atoms with Gasteiger partial charge in [-0.2, -0.15) is 0 Å². The average molecular weight is 290 g/mol. The zero-order valence-electron chi connectivity index (χ0n) is 7.60. The lowest BCUT2D eigenvalue weighted by atomic mass is 10.1. The minimum absolute atomic E-state index is 0.297. The first-order chi connectivity index (χ1) is 6.06. The molecule has 0 saturated heterocycles. The number of phenols is 1. The fourth-order valence-electron chi connectivity index (χ4n) is 1.08. The van der Waals surface area contributed by atoms with E-state index in [1.165, 1.54) is 0 Å². The molecular weight excluding hydrogens is 279 g/mol. The van der Waals surface area contributed by atoms with Gasteiger partial charge >= 0.3 is 0 Å². The first-order valence-corrected chi connectivity index (χ1v) is 4.86. The molecule has 1 rings (SSSR count). The first-order valence-electron chi connectivity index (χ1n) is 3.78. The van der Waals surface area contributed by atoms with Crippen LogP contribution in [0.25, 0.3) is 5.76 Å². The third-order valence-corrected chi connectivity index (χ3v) is 2.70. The van der Waals surface area contributed by atoms with E-state index in [1.54, 1.807) is 13.2 Å². The van der Waals surface area contributed by atoms with Crippen LogP contribution >= 0.6 is 22.6 Å². The van der Waals surface area contributed by atoms with Crippen molar-refractivity contribution < 1.29 is 9.84 Å². The highest BCUT2D eigenvalue weighted by atomic mass is 127. The molecule has 0 aliphatic carbocycles. The Kier molecular flexibility index (Phi) is 3.19. The van der Waals surface area contributed by atoms with E-state index in [2.05, 4.69) is 29.2 Å². The van der Waals surface area contributed by atoms with Gasteiger partial charge in [0.15, 0.2) is 0 Å². The second-order valence-corrected chi connectivity index (χ2v) is 3.91. The molecule has 1 N–H and O–H groups in total. The smallest absolute Gasteiger partial charge is 0.129 e. The molecule has 0 heterocycles. The number of phenolic OH excluding ortho intramolecular Hbond substituents is 1. The fraction of sp³-hybridized carbons (Fsp3) is 0.200. The molecular formula is C10H11IO2. The van der Waals surface area contributed by atoms with Crippen LogP contribution in [0.5, 0.6) is 5.75 Å². The number of methoxy groups -OCH3 is 1. The highest BCUT2D eigenvalue weighted by Gasteiger charge is 2.07.